The second-order valence-electron chi connectivity index (χ2n) is 9.50. The first-order valence-corrected chi connectivity index (χ1v) is 13.4. The molecule has 4 rings (SSSR count). The Morgan fingerprint density at radius 1 is 1.19 bits per heavy atom. The summed E-state index contributed by atoms with van der Waals surface area (Å²) >= 11 is 0. The molecule has 2 saturated heterocycles. The number of hydrogen-bond donors (Lipinski definition) is 1. The van der Waals surface area contributed by atoms with Crippen molar-refractivity contribution in [3.8, 4) is 0 Å². The van der Waals surface area contributed by atoms with Gasteiger partial charge in [-0.25, -0.2) is 13.4 Å². The van der Waals surface area contributed by atoms with Crippen molar-refractivity contribution >= 4 is 33.7 Å². The Labute approximate surface area is 211 Å². The number of carbonyl (C=O) groups excluding carboxylic acids is 3. The van der Waals surface area contributed by atoms with E-state index in [-0.39, 0.29) is 35.7 Å². The zero-order chi connectivity index (χ0) is 26.0. The summed E-state index contributed by atoms with van der Waals surface area (Å²) in [6.45, 7) is 7.51. The summed E-state index contributed by atoms with van der Waals surface area (Å²) in [4.78, 5) is 44.9. The van der Waals surface area contributed by atoms with Crippen LogP contribution in [0.15, 0.2) is 60.3 Å². The van der Waals surface area contributed by atoms with E-state index in [1.807, 2.05) is 13.8 Å². The molecule has 3 unspecified atom stereocenters. The molecule has 3 atom stereocenters. The molecule has 2 aliphatic rings. The second kappa shape index (κ2) is 10.3. The highest BCUT2D eigenvalue weighted by atomic mass is 32.2. The SMILES string of the molecule is C=Cc1ccc(C(=O)NC(CC(C)C)C(=O)N2CCC3C2C(=O)CN3S(=O)(=O)c2ccccn2)cc1. The van der Waals surface area contributed by atoms with Crippen molar-refractivity contribution in [2.75, 3.05) is 13.1 Å². The average Bonchev–Trinajstić information content (AvgIpc) is 3.45. The van der Waals surface area contributed by atoms with Gasteiger partial charge in [-0.05, 0) is 48.6 Å². The molecule has 10 heteroatoms. The number of ketones is 1. The maximum atomic E-state index is 13.6. The number of amides is 2. The number of aromatic nitrogens is 1. The summed E-state index contributed by atoms with van der Waals surface area (Å²) in [7, 11) is -3.99. The molecule has 190 valence electrons. The summed E-state index contributed by atoms with van der Waals surface area (Å²) in [5.41, 5.74) is 1.28. The first kappa shape index (κ1) is 25.7. The zero-order valence-electron chi connectivity index (χ0n) is 20.3. The minimum absolute atomic E-state index is 0.0982. The highest BCUT2D eigenvalue weighted by Crippen LogP contribution is 2.34. The van der Waals surface area contributed by atoms with Gasteiger partial charge in [0.1, 0.15) is 12.1 Å². The number of pyridine rings is 1. The molecule has 0 spiro atoms. The van der Waals surface area contributed by atoms with Crippen LogP contribution in [0.25, 0.3) is 6.08 Å². The van der Waals surface area contributed by atoms with Crippen molar-refractivity contribution in [1.82, 2.24) is 19.5 Å². The zero-order valence-corrected chi connectivity index (χ0v) is 21.1. The van der Waals surface area contributed by atoms with Crippen molar-refractivity contribution in [1.29, 1.82) is 0 Å². The van der Waals surface area contributed by atoms with Crippen molar-refractivity contribution in [2.24, 2.45) is 5.92 Å². The average molecular weight is 511 g/mol. The van der Waals surface area contributed by atoms with Gasteiger partial charge < -0.3 is 10.2 Å². The molecule has 1 N–H and O–H groups in total. The first-order valence-electron chi connectivity index (χ1n) is 11.9. The fraction of sp³-hybridized carbons (Fsp3) is 0.385. The third-order valence-corrected chi connectivity index (χ3v) is 8.38. The largest absolute Gasteiger partial charge is 0.340 e. The Balaban J connectivity index is 1.54. The number of benzene rings is 1. The lowest BCUT2D eigenvalue weighted by molar-refractivity contribution is -0.138. The van der Waals surface area contributed by atoms with Crippen LogP contribution < -0.4 is 5.32 Å². The van der Waals surface area contributed by atoms with Gasteiger partial charge in [-0.2, -0.15) is 4.31 Å². The van der Waals surface area contributed by atoms with Gasteiger partial charge in [0.25, 0.3) is 15.9 Å². The fourth-order valence-electron chi connectivity index (χ4n) is 4.87. The van der Waals surface area contributed by atoms with E-state index in [1.165, 1.54) is 17.2 Å². The number of rotatable bonds is 8. The molecule has 0 aliphatic carbocycles. The highest BCUT2D eigenvalue weighted by molar-refractivity contribution is 7.89. The second-order valence-corrected chi connectivity index (χ2v) is 11.3. The number of hydrogen-bond acceptors (Lipinski definition) is 6. The fourth-order valence-corrected chi connectivity index (χ4v) is 6.43. The summed E-state index contributed by atoms with van der Waals surface area (Å²) in [6.07, 6.45) is 3.77. The van der Waals surface area contributed by atoms with Crippen LogP contribution in [0.5, 0.6) is 0 Å². The van der Waals surface area contributed by atoms with Gasteiger partial charge in [0, 0.05) is 18.3 Å². The number of carbonyl (C=O) groups is 3. The Hall–Kier alpha value is -3.37. The highest BCUT2D eigenvalue weighted by Gasteiger charge is 2.54. The number of nitrogens with one attached hydrogen (secondary N) is 1. The van der Waals surface area contributed by atoms with Crippen LogP contribution in [0.4, 0.5) is 0 Å². The summed E-state index contributed by atoms with van der Waals surface area (Å²) < 4.78 is 27.5. The Morgan fingerprint density at radius 3 is 2.53 bits per heavy atom. The molecule has 1 aromatic carbocycles. The maximum Gasteiger partial charge on any atom is 0.261 e. The minimum atomic E-state index is -3.99. The number of nitrogens with zero attached hydrogens (tertiary/aromatic N) is 3. The molecule has 2 fully saturated rings. The summed E-state index contributed by atoms with van der Waals surface area (Å²) in [5.74, 6) is -1.00. The van der Waals surface area contributed by atoms with Crippen molar-refractivity contribution in [3.63, 3.8) is 0 Å². The van der Waals surface area contributed by atoms with E-state index in [1.54, 1.807) is 42.5 Å². The van der Waals surface area contributed by atoms with Gasteiger partial charge in [-0.15, -0.1) is 0 Å². The predicted molar refractivity (Wildman–Crippen MR) is 134 cm³/mol. The van der Waals surface area contributed by atoms with E-state index >= 15 is 0 Å². The lowest BCUT2D eigenvalue weighted by Crippen LogP contribution is -2.53. The van der Waals surface area contributed by atoms with Crippen molar-refractivity contribution in [2.45, 2.75) is 49.8 Å². The van der Waals surface area contributed by atoms with Gasteiger partial charge in [-0.1, -0.05) is 44.7 Å². The Kier molecular flexibility index (Phi) is 7.37. The number of Topliss-reactive ketones (excluding diaryl/α,β-unsaturated/α-hetero) is 1. The minimum Gasteiger partial charge on any atom is -0.340 e. The first-order chi connectivity index (χ1) is 17.1. The quantitative estimate of drug-likeness (QED) is 0.581. The van der Waals surface area contributed by atoms with Crippen LogP contribution in [0, 0.1) is 5.92 Å². The molecule has 36 heavy (non-hydrogen) atoms. The molecular weight excluding hydrogens is 480 g/mol. The third kappa shape index (κ3) is 4.96. The van der Waals surface area contributed by atoms with Crippen molar-refractivity contribution in [3.05, 3.63) is 66.4 Å². The van der Waals surface area contributed by atoms with Gasteiger partial charge in [0.15, 0.2) is 10.8 Å². The van der Waals surface area contributed by atoms with E-state index < -0.39 is 34.1 Å². The molecule has 1 aromatic heterocycles. The van der Waals surface area contributed by atoms with E-state index in [4.69, 9.17) is 0 Å². The summed E-state index contributed by atoms with van der Waals surface area (Å²) in [5, 5.41) is 2.70. The standard InChI is InChI=1S/C26H30N4O5S/c1-4-18-8-10-19(11-9-18)25(32)28-20(15-17(2)3)26(33)29-14-12-21-24(29)22(31)16-30(21)36(34,35)23-7-5-6-13-27-23/h4-11,13,17,20-21,24H,1,12,14-16H2,2-3H3,(H,28,32). The molecule has 3 heterocycles. The smallest absolute Gasteiger partial charge is 0.261 e. The van der Waals surface area contributed by atoms with Gasteiger partial charge in [0.2, 0.25) is 5.91 Å². The Morgan fingerprint density at radius 2 is 1.92 bits per heavy atom. The third-order valence-electron chi connectivity index (χ3n) is 6.59. The van der Waals surface area contributed by atoms with E-state index in [0.29, 0.717) is 18.4 Å². The van der Waals surface area contributed by atoms with Crippen LogP contribution in [0.1, 0.15) is 42.6 Å². The molecule has 2 amide bonds. The van der Waals surface area contributed by atoms with Gasteiger partial charge in [-0.3, -0.25) is 14.4 Å². The molecule has 0 saturated carbocycles. The normalized spacial score (nSPS) is 20.9. The topological polar surface area (TPSA) is 117 Å². The predicted octanol–water partition coefficient (Wildman–Crippen LogP) is 2.11. The van der Waals surface area contributed by atoms with Crippen LogP contribution in [-0.2, 0) is 19.6 Å². The number of likely N-dealkylation sites (tertiary alicyclic amines) is 1. The van der Waals surface area contributed by atoms with Crippen LogP contribution >= 0.6 is 0 Å². The van der Waals surface area contributed by atoms with Crippen LogP contribution in [0.2, 0.25) is 0 Å². The lowest BCUT2D eigenvalue weighted by atomic mass is 10.0. The summed E-state index contributed by atoms with van der Waals surface area (Å²) in [6, 6.07) is 9.05. The van der Waals surface area contributed by atoms with Crippen LogP contribution in [-0.4, -0.2) is 71.4 Å². The van der Waals surface area contributed by atoms with Gasteiger partial charge >= 0.3 is 0 Å². The van der Waals surface area contributed by atoms with E-state index in [2.05, 4.69) is 16.9 Å². The van der Waals surface area contributed by atoms with Crippen LogP contribution in [0.3, 0.4) is 0 Å². The van der Waals surface area contributed by atoms with E-state index in [0.717, 1.165) is 9.87 Å². The molecule has 2 aliphatic heterocycles. The number of fused-ring (bicyclic) bond motifs is 1. The van der Waals surface area contributed by atoms with Gasteiger partial charge in [0.05, 0.1) is 12.6 Å². The van der Waals surface area contributed by atoms with Crippen molar-refractivity contribution < 1.29 is 22.8 Å². The maximum absolute atomic E-state index is 13.6. The monoisotopic (exact) mass is 510 g/mol. The molecule has 9 nitrogen and oxygen atoms in total. The molecular formula is C26H30N4O5S. The van der Waals surface area contributed by atoms with E-state index in [9.17, 15) is 22.8 Å². The molecule has 0 bridgehead atoms. The number of sulfonamides is 1. The lowest BCUT2D eigenvalue weighted by Gasteiger charge is -2.29. The molecule has 2 aromatic rings. The molecule has 0 radical (unpaired) electrons. The Bertz CT molecular complexity index is 1260.